The summed E-state index contributed by atoms with van der Waals surface area (Å²) >= 11 is 0. The number of benzene rings is 1. The fourth-order valence-electron chi connectivity index (χ4n) is 2.31. The average Bonchev–Trinajstić information content (AvgIpc) is 2.84. The van der Waals surface area contributed by atoms with E-state index in [1.54, 1.807) is 17.2 Å². The summed E-state index contributed by atoms with van der Waals surface area (Å²) in [7, 11) is 1.88. The number of fused-ring (bicyclic) bond motifs is 1. The van der Waals surface area contributed by atoms with E-state index in [0.717, 1.165) is 29.8 Å². The molecule has 102 valence electrons. The summed E-state index contributed by atoms with van der Waals surface area (Å²) in [5, 5.41) is 8.54. The van der Waals surface area contributed by atoms with Gasteiger partial charge in [-0.3, -0.25) is 4.68 Å². The molecule has 20 heavy (non-hydrogen) atoms. The quantitative estimate of drug-likeness (QED) is 0.788. The second-order valence-corrected chi connectivity index (χ2v) is 4.83. The largest absolute Gasteiger partial charge is 0.369 e. The topological polar surface area (TPSA) is 55.6 Å². The first-order chi connectivity index (χ1) is 9.75. The molecule has 0 radical (unpaired) electrons. The van der Waals surface area contributed by atoms with E-state index in [2.05, 4.69) is 51.6 Å². The molecule has 0 atom stereocenters. The Morgan fingerprint density at radius 3 is 2.90 bits per heavy atom. The molecule has 0 bridgehead atoms. The molecule has 1 aromatic carbocycles. The summed E-state index contributed by atoms with van der Waals surface area (Å²) in [4.78, 5) is 8.53. The summed E-state index contributed by atoms with van der Waals surface area (Å²) in [6, 6.07) is 8.44. The van der Waals surface area contributed by atoms with E-state index < -0.39 is 0 Å². The van der Waals surface area contributed by atoms with Crippen LogP contribution in [0.1, 0.15) is 11.1 Å². The van der Waals surface area contributed by atoms with E-state index in [4.69, 9.17) is 0 Å². The van der Waals surface area contributed by atoms with Gasteiger partial charge in [0.2, 0.25) is 0 Å². The Morgan fingerprint density at radius 1 is 1.20 bits per heavy atom. The van der Waals surface area contributed by atoms with Gasteiger partial charge in [-0.2, -0.15) is 5.10 Å². The second kappa shape index (κ2) is 5.28. The molecule has 0 saturated carbocycles. The first-order valence-electron chi connectivity index (χ1n) is 6.67. The van der Waals surface area contributed by atoms with Crippen LogP contribution in [0.15, 0.2) is 36.8 Å². The summed E-state index contributed by atoms with van der Waals surface area (Å²) < 4.78 is 1.75. The van der Waals surface area contributed by atoms with Crippen LogP contribution < -0.4 is 5.32 Å². The van der Waals surface area contributed by atoms with Gasteiger partial charge >= 0.3 is 0 Å². The third-order valence-electron chi connectivity index (χ3n) is 3.48. The van der Waals surface area contributed by atoms with Crippen LogP contribution in [0.5, 0.6) is 0 Å². The molecule has 0 amide bonds. The van der Waals surface area contributed by atoms with Crippen LogP contribution in [0, 0.1) is 6.92 Å². The summed E-state index contributed by atoms with van der Waals surface area (Å²) in [6.07, 6.45) is 4.34. The van der Waals surface area contributed by atoms with Gasteiger partial charge in [-0.05, 0) is 24.5 Å². The van der Waals surface area contributed by atoms with Gasteiger partial charge in [-0.1, -0.05) is 24.3 Å². The summed E-state index contributed by atoms with van der Waals surface area (Å²) in [5.41, 5.74) is 3.53. The standard InChI is InChI=1S/C15H17N5/c1-11-5-3-4-6-12(11)7-8-16-14-13-9-19-20(2)15(13)18-10-17-14/h3-6,9-10H,7-8H2,1-2H3,(H,16,17,18). The predicted octanol–water partition coefficient (Wildman–Crippen LogP) is 2.33. The monoisotopic (exact) mass is 267 g/mol. The zero-order chi connectivity index (χ0) is 13.9. The van der Waals surface area contributed by atoms with E-state index in [0.29, 0.717) is 0 Å². The van der Waals surface area contributed by atoms with E-state index in [9.17, 15) is 0 Å². The smallest absolute Gasteiger partial charge is 0.163 e. The van der Waals surface area contributed by atoms with Crippen molar-refractivity contribution >= 4 is 16.9 Å². The lowest BCUT2D eigenvalue weighted by atomic mass is 10.1. The summed E-state index contributed by atoms with van der Waals surface area (Å²) in [6.45, 7) is 2.98. The molecule has 5 nitrogen and oxygen atoms in total. The van der Waals surface area contributed by atoms with Crippen molar-refractivity contribution in [1.29, 1.82) is 0 Å². The van der Waals surface area contributed by atoms with Gasteiger partial charge in [0.15, 0.2) is 5.65 Å². The van der Waals surface area contributed by atoms with Crippen LogP contribution in [0.2, 0.25) is 0 Å². The highest BCUT2D eigenvalue weighted by atomic mass is 15.3. The van der Waals surface area contributed by atoms with Crippen molar-refractivity contribution in [2.45, 2.75) is 13.3 Å². The number of nitrogens with one attached hydrogen (secondary N) is 1. The van der Waals surface area contributed by atoms with Crippen LogP contribution in [-0.2, 0) is 13.5 Å². The lowest BCUT2D eigenvalue weighted by Crippen LogP contribution is -2.07. The van der Waals surface area contributed by atoms with Gasteiger partial charge in [0.05, 0.1) is 11.6 Å². The van der Waals surface area contributed by atoms with Crippen molar-refractivity contribution in [2.75, 3.05) is 11.9 Å². The SMILES string of the molecule is Cc1ccccc1CCNc1ncnc2c1cnn2C. The molecule has 3 aromatic rings. The van der Waals surface area contributed by atoms with Crippen LogP contribution in [0.3, 0.4) is 0 Å². The van der Waals surface area contributed by atoms with Crippen molar-refractivity contribution in [3.8, 4) is 0 Å². The number of aromatic nitrogens is 4. The Balaban J connectivity index is 1.73. The molecule has 0 fully saturated rings. The Morgan fingerprint density at radius 2 is 2.05 bits per heavy atom. The predicted molar refractivity (Wildman–Crippen MR) is 79.7 cm³/mol. The Bertz CT molecular complexity index is 732. The molecule has 2 aromatic heterocycles. The van der Waals surface area contributed by atoms with Crippen LogP contribution >= 0.6 is 0 Å². The first kappa shape index (κ1) is 12.6. The number of nitrogens with zero attached hydrogens (tertiary/aromatic N) is 4. The minimum atomic E-state index is 0.839. The molecule has 1 N–H and O–H groups in total. The number of rotatable bonds is 4. The van der Waals surface area contributed by atoms with E-state index in [-0.39, 0.29) is 0 Å². The Labute approximate surface area is 117 Å². The first-order valence-corrected chi connectivity index (χ1v) is 6.67. The molecular formula is C15H17N5. The highest BCUT2D eigenvalue weighted by molar-refractivity contribution is 5.85. The van der Waals surface area contributed by atoms with Crippen LogP contribution in [0.4, 0.5) is 5.82 Å². The molecule has 0 saturated heterocycles. The van der Waals surface area contributed by atoms with Gasteiger partial charge in [-0.25, -0.2) is 9.97 Å². The summed E-state index contributed by atoms with van der Waals surface area (Å²) in [5.74, 6) is 0.844. The van der Waals surface area contributed by atoms with Gasteiger partial charge < -0.3 is 5.32 Å². The third kappa shape index (κ3) is 2.34. The fourth-order valence-corrected chi connectivity index (χ4v) is 2.31. The van der Waals surface area contributed by atoms with Crippen molar-refractivity contribution in [1.82, 2.24) is 19.7 Å². The third-order valence-corrected chi connectivity index (χ3v) is 3.48. The average molecular weight is 267 g/mol. The molecule has 0 spiro atoms. The van der Waals surface area contributed by atoms with Gasteiger partial charge in [-0.15, -0.1) is 0 Å². The van der Waals surface area contributed by atoms with Crippen LogP contribution in [-0.4, -0.2) is 26.3 Å². The molecule has 0 aliphatic heterocycles. The lowest BCUT2D eigenvalue weighted by molar-refractivity contribution is 0.785. The molecular weight excluding hydrogens is 250 g/mol. The molecule has 0 aliphatic rings. The second-order valence-electron chi connectivity index (χ2n) is 4.83. The van der Waals surface area contributed by atoms with Crippen molar-refractivity contribution in [3.63, 3.8) is 0 Å². The Hall–Kier alpha value is -2.43. The fraction of sp³-hybridized carbons (Fsp3) is 0.267. The number of hydrogen-bond donors (Lipinski definition) is 1. The minimum Gasteiger partial charge on any atom is -0.369 e. The van der Waals surface area contributed by atoms with Crippen LogP contribution in [0.25, 0.3) is 11.0 Å². The van der Waals surface area contributed by atoms with Crippen molar-refractivity contribution in [2.24, 2.45) is 7.05 Å². The molecule has 0 aliphatic carbocycles. The Kier molecular flexibility index (Phi) is 3.33. The van der Waals surface area contributed by atoms with Crippen molar-refractivity contribution in [3.05, 3.63) is 47.9 Å². The van der Waals surface area contributed by atoms with E-state index in [1.165, 1.54) is 11.1 Å². The molecule has 2 heterocycles. The number of aryl methyl sites for hydroxylation is 2. The highest BCUT2D eigenvalue weighted by Gasteiger charge is 2.07. The van der Waals surface area contributed by atoms with Gasteiger partial charge in [0, 0.05) is 13.6 Å². The zero-order valence-electron chi connectivity index (χ0n) is 11.7. The van der Waals surface area contributed by atoms with Gasteiger partial charge in [0.25, 0.3) is 0 Å². The maximum atomic E-state index is 4.30. The normalized spacial score (nSPS) is 10.9. The molecule has 3 rings (SSSR count). The maximum absolute atomic E-state index is 4.30. The van der Waals surface area contributed by atoms with Gasteiger partial charge in [0.1, 0.15) is 12.1 Å². The maximum Gasteiger partial charge on any atom is 0.163 e. The number of hydrogen-bond acceptors (Lipinski definition) is 4. The van der Waals surface area contributed by atoms with E-state index >= 15 is 0 Å². The molecule has 5 heteroatoms. The lowest BCUT2D eigenvalue weighted by Gasteiger charge is -2.08. The number of anilines is 1. The molecule has 0 unspecified atom stereocenters. The highest BCUT2D eigenvalue weighted by Crippen LogP contribution is 2.17. The minimum absolute atomic E-state index is 0.839. The van der Waals surface area contributed by atoms with E-state index in [1.807, 2.05) is 7.05 Å². The zero-order valence-corrected chi connectivity index (χ0v) is 11.7. The van der Waals surface area contributed by atoms with Crippen molar-refractivity contribution < 1.29 is 0 Å².